The van der Waals surface area contributed by atoms with Crippen LogP contribution in [-0.4, -0.2) is 6.54 Å². The smallest absolute Gasteiger partial charge is 0.312 e. The number of hydrogen-bond acceptors (Lipinski definition) is 1. The summed E-state index contributed by atoms with van der Waals surface area (Å²) in [6.07, 6.45) is -3.32. The molecule has 104 valence electrons. The SMILES string of the molecule is FC(F)(F)c1ccc(-c2ccc3c(c2)CCNC3)cc1. The van der Waals surface area contributed by atoms with Gasteiger partial charge in [0, 0.05) is 6.54 Å². The van der Waals surface area contributed by atoms with Crippen molar-refractivity contribution in [1.29, 1.82) is 0 Å². The summed E-state index contributed by atoms with van der Waals surface area (Å²) >= 11 is 0. The van der Waals surface area contributed by atoms with Crippen LogP contribution in [-0.2, 0) is 19.1 Å². The summed E-state index contributed by atoms with van der Waals surface area (Å²) in [4.78, 5) is 0. The first kappa shape index (κ1) is 13.2. The van der Waals surface area contributed by atoms with E-state index >= 15 is 0 Å². The Morgan fingerprint density at radius 3 is 2.25 bits per heavy atom. The minimum Gasteiger partial charge on any atom is -0.312 e. The molecule has 0 unspecified atom stereocenters. The topological polar surface area (TPSA) is 12.0 Å². The summed E-state index contributed by atoms with van der Waals surface area (Å²) in [7, 11) is 0. The molecule has 0 aliphatic carbocycles. The van der Waals surface area contributed by atoms with E-state index in [1.807, 2.05) is 6.07 Å². The Bertz CT molecular complexity index is 615. The van der Waals surface area contributed by atoms with Crippen LogP contribution in [0.3, 0.4) is 0 Å². The second kappa shape index (κ2) is 4.94. The standard InChI is InChI=1S/C16H14F3N/c17-16(18,19)15-5-3-11(4-6-15)12-1-2-14-10-20-8-7-13(14)9-12/h1-6,9,20H,7-8,10H2. The van der Waals surface area contributed by atoms with Crippen LogP contribution in [0.1, 0.15) is 16.7 Å². The van der Waals surface area contributed by atoms with Crippen LogP contribution >= 0.6 is 0 Å². The van der Waals surface area contributed by atoms with Crippen LogP contribution in [0.5, 0.6) is 0 Å². The molecule has 2 aromatic carbocycles. The van der Waals surface area contributed by atoms with Gasteiger partial charge in [-0.2, -0.15) is 13.2 Å². The van der Waals surface area contributed by atoms with Gasteiger partial charge in [-0.3, -0.25) is 0 Å². The number of halogens is 3. The van der Waals surface area contributed by atoms with Crippen molar-refractivity contribution in [2.24, 2.45) is 0 Å². The van der Waals surface area contributed by atoms with Gasteiger partial charge >= 0.3 is 6.18 Å². The number of benzene rings is 2. The highest BCUT2D eigenvalue weighted by atomic mass is 19.4. The normalized spacial score (nSPS) is 14.9. The Balaban J connectivity index is 1.93. The summed E-state index contributed by atoms with van der Waals surface area (Å²) in [6, 6.07) is 11.4. The van der Waals surface area contributed by atoms with Crippen LogP contribution in [0, 0.1) is 0 Å². The molecule has 1 aliphatic rings. The molecule has 3 rings (SSSR count). The molecule has 0 aromatic heterocycles. The average molecular weight is 277 g/mol. The van der Waals surface area contributed by atoms with Gasteiger partial charge in [-0.15, -0.1) is 0 Å². The average Bonchev–Trinajstić information content (AvgIpc) is 2.46. The summed E-state index contributed by atoms with van der Waals surface area (Å²) in [5.41, 5.74) is 3.73. The molecule has 20 heavy (non-hydrogen) atoms. The lowest BCUT2D eigenvalue weighted by molar-refractivity contribution is -0.137. The number of fused-ring (bicyclic) bond motifs is 1. The van der Waals surface area contributed by atoms with Crippen molar-refractivity contribution < 1.29 is 13.2 Å². The first-order valence-corrected chi connectivity index (χ1v) is 6.54. The van der Waals surface area contributed by atoms with Gasteiger partial charge in [-0.05, 0) is 47.4 Å². The molecular weight excluding hydrogens is 263 g/mol. The number of alkyl halides is 3. The van der Waals surface area contributed by atoms with E-state index < -0.39 is 11.7 Å². The van der Waals surface area contributed by atoms with Crippen molar-refractivity contribution in [3.05, 3.63) is 59.2 Å². The van der Waals surface area contributed by atoms with Gasteiger partial charge in [-0.25, -0.2) is 0 Å². The van der Waals surface area contributed by atoms with E-state index in [9.17, 15) is 13.2 Å². The molecule has 1 nitrogen and oxygen atoms in total. The van der Waals surface area contributed by atoms with Gasteiger partial charge < -0.3 is 5.32 Å². The highest BCUT2D eigenvalue weighted by Crippen LogP contribution is 2.31. The van der Waals surface area contributed by atoms with E-state index in [-0.39, 0.29) is 0 Å². The Labute approximate surface area is 115 Å². The van der Waals surface area contributed by atoms with Gasteiger partial charge in [0.25, 0.3) is 0 Å². The number of nitrogens with one attached hydrogen (secondary N) is 1. The second-order valence-corrected chi connectivity index (χ2v) is 4.99. The molecule has 1 aliphatic heterocycles. The third kappa shape index (κ3) is 2.56. The Kier molecular flexibility index (Phi) is 3.26. The van der Waals surface area contributed by atoms with E-state index in [0.717, 1.165) is 42.8 Å². The minimum atomic E-state index is -4.28. The van der Waals surface area contributed by atoms with Crippen molar-refractivity contribution >= 4 is 0 Å². The molecule has 0 bridgehead atoms. The zero-order valence-electron chi connectivity index (χ0n) is 10.8. The van der Waals surface area contributed by atoms with Gasteiger partial charge in [0.1, 0.15) is 0 Å². The van der Waals surface area contributed by atoms with E-state index in [0.29, 0.717) is 0 Å². The molecular formula is C16H14F3N. The lowest BCUT2D eigenvalue weighted by Gasteiger charge is -2.18. The maximum atomic E-state index is 12.5. The predicted molar refractivity (Wildman–Crippen MR) is 72.3 cm³/mol. The first-order valence-electron chi connectivity index (χ1n) is 6.54. The Hall–Kier alpha value is -1.81. The maximum absolute atomic E-state index is 12.5. The lowest BCUT2D eigenvalue weighted by Crippen LogP contribution is -2.23. The van der Waals surface area contributed by atoms with E-state index in [4.69, 9.17) is 0 Å². The molecule has 0 saturated heterocycles. The summed E-state index contributed by atoms with van der Waals surface area (Å²) in [5.74, 6) is 0. The fraction of sp³-hybridized carbons (Fsp3) is 0.250. The van der Waals surface area contributed by atoms with E-state index in [1.54, 1.807) is 0 Å². The summed E-state index contributed by atoms with van der Waals surface area (Å²) in [6.45, 7) is 1.81. The molecule has 0 fully saturated rings. The predicted octanol–water partition coefficient (Wildman–Crippen LogP) is 4.02. The van der Waals surface area contributed by atoms with Crippen LogP contribution in [0.2, 0.25) is 0 Å². The van der Waals surface area contributed by atoms with Crippen LogP contribution in [0.25, 0.3) is 11.1 Å². The largest absolute Gasteiger partial charge is 0.416 e. The van der Waals surface area contributed by atoms with Gasteiger partial charge in [0.2, 0.25) is 0 Å². The maximum Gasteiger partial charge on any atom is 0.416 e. The summed E-state index contributed by atoms with van der Waals surface area (Å²) < 4.78 is 37.6. The van der Waals surface area contributed by atoms with E-state index in [2.05, 4.69) is 17.4 Å². The zero-order valence-corrected chi connectivity index (χ0v) is 10.8. The summed E-state index contributed by atoms with van der Waals surface area (Å²) in [5, 5.41) is 3.30. The van der Waals surface area contributed by atoms with Crippen LogP contribution in [0.15, 0.2) is 42.5 Å². The zero-order chi connectivity index (χ0) is 14.2. The molecule has 0 amide bonds. The number of hydrogen-bond donors (Lipinski definition) is 1. The van der Waals surface area contributed by atoms with Crippen molar-refractivity contribution in [1.82, 2.24) is 5.32 Å². The highest BCUT2D eigenvalue weighted by Gasteiger charge is 2.29. The van der Waals surface area contributed by atoms with Crippen LogP contribution < -0.4 is 5.32 Å². The van der Waals surface area contributed by atoms with Gasteiger partial charge in [0.15, 0.2) is 0 Å². The Morgan fingerprint density at radius 1 is 0.850 bits per heavy atom. The minimum absolute atomic E-state index is 0.608. The molecule has 0 atom stereocenters. The fourth-order valence-electron chi connectivity index (χ4n) is 2.51. The van der Waals surface area contributed by atoms with E-state index in [1.165, 1.54) is 23.3 Å². The van der Waals surface area contributed by atoms with Crippen molar-refractivity contribution in [3.63, 3.8) is 0 Å². The van der Waals surface area contributed by atoms with Crippen molar-refractivity contribution in [2.75, 3.05) is 6.54 Å². The Morgan fingerprint density at radius 2 is 1.55 bits per heavy atom. The molecule has 2 aromatic rings. The highest BCUT2D eigenvalue weighted by molar-refractivity contribution is 5.65. The van der Waals surface area contributed by atoms with Crippen molar-refractivity contribution in [2.45, 2.75) is 19.1 Å². The number of rotatable bonds is 1. The fourth-order valence-corrected chi connectivity index (χ4v) is 2.51. The molecule has 1 N–H and O–H groups in total. The monoisotopic (exact) mass is 277 g/mol. The third-order valence-corrected chi connectivity index (χ3v) is 3.64. The van der Waals surface area contributed by atoms with Gasteiger partial charge in [0.05, 0.1) is 5.56 Å². The molecule has 0 spiro atoms. The van der Waals surface area contributed by atoms with Crippen LogP contribution in [0.4, 0.5) is 13.2 Å². The molecule has 1 heterocycles. The quantitative estimate of drug-likeness (QED) is 0.830. The molecule has 0 radical (unpaired) electrons. The molecule has 0 saturated carbocycles. The van der Waals surface area contributed by atoms with Gasteiger partial charge in [-0.1, -0.05) is 30.3 Å². The lowest BCUT2D eigenvalue weighted by atomic mass is 9.95. The third-order valence-electron chi connectivity index (χ3n) is 3.64. The molecule has 4 heteroatoms. The van der Waals surface area contributed by atoms with Crippen molar-refractivity contribution in [3.8, 4) is 11.1 Å². The first-order chi connectivity index (χ1) is 9.54. The second-order valence-electron chi connectivity index (χ2n) is 4.99.